The molecule has 0 unspecified atom stereocenters. The zero-order chi connectivity index (χ0) is 23.4. The average Bonchev–Trinajstić information content (AvgIpc) is 2.80. The molecule has 0 heterocycles. The van der Waals surface area contributed by atoms with Crippen molar-refractivity contribution in [2.45, 2.75) is 70.3 Å². The highest BCUT2D eigenvalue weighted by Crippen LogP contribution is 2.41. The van der Waals surface area contributed by atoms with Gasteiger partial charge in [0.15, 0.2) is 0 Å². The van der Waals surface area contributed by atoms with Gasteiger partial charge in [-0.3, -0.25) is 0 Å². The van der Waals surface area contributed by atoms with Crippen molar-refractivity contribution in [3.8, 4) is 5.75 Å². The normalized spacial score (nSPS) is 26.5. The van der Waals surface area contributed by atoms with Gasteiger partial charge in [0, 0.05) is 0 Å². The van der Waals surface area contributed by atoms with Gasteiger partial charge in [-0.2, -0.15) is 8.78 Å². The van der Waals surface area contributed by atoms with Crippen LogP contribution in [0.2, 0.25) is 0 Å². The van der Waals surface area contributed by atoms with Crippen LogP contribution in [0, 0.1) is 36.3 Å². The molecule has 5 heteroatoms. The minimum Gasteiger partial charge on any atom is -0.432 e. The first-order valence-electron chi connectivity index (χ1n) is 12.1. The van der Waals surface area contributed by atoms with Crippen molar-refractivity contribution in [2.24, 2.45) is 17.8 Å². The Balaban J connectivity index is 1.23. The van der Waals surface area contributed by atoms with Crippen molar-refractivity contribution in [3.63, 3.8) is 0 Å². The van der Waals surface area contributed by atoms with E-state index in [2.05, 4.69) is 12.2 Å². The van der Waals surface area contributed by atoms with Crippen LogP contribution in [0.25, 0.3) is 0 Å². The van der Waals surface area contributed by atoms with Crippen LogP contribution < -0.4 is 4.74 Å². The maximum atomic E-state index is 14.6. The molecule has 2 aliphatic rings. The van der Waals surface area contributed by atoms with Crippen LogP contribution in [0.4, 0.5) is 17.6 Å². The Labute approximate surface area is 193 Å². The SMILES string of the molecule is Cc1ccc(C2CCC(/C=C/C3CCC(C(F)(F)Oc4ccc(F)cc4)CC3)CC2)c(F)c1. The smallest absolute Gasteiger partial charge is 0.400 e. The molecular formula is C28H32F4O. The van der Waals surface area contributed by atoms with E-state index in [1.165, 1.54) is 12.1 Å². The lowest BCUT2D eigenvalue weighted by Crippen LogP contribution is -2.37. The van der Waals surface area contributed by atoms with Gasteiger partial charge in [-0.1, -0.05) is 24.3 Å². The highest BCUT2D eigenvalue weighted by Gasteiger charge is 2.43. The average molecular weight is 461 g/mol. The van der Waals surface area contributed by atoms with Crippen molar-refractivity contribution in [3.05, 3.63) is 77.4 Å². The number of aryl methyl sites for hydroxylation is 1. The van der Waals surface area contributed by atoms with Gasteiger partial charge in [0.25, 0.3) is 0 Å². The molecule has 0 bridgehead atoms. The lowest BCUT2D eigenvalue weighted by Gasteiger charge is -2.32. The molecule has 2 aliphatic carbocycles. The number of hydrogen-bond acceptors (Lipinski definition) is 1. The summed E-state index contributed by atoms with van der Waals surface area (Å²) in [6, 6.07) is 10.2. The van der Waals surface area contributed by atoms with Crippen molar-refractivity contribution < 1.29 is 22.3 Å². The summed E-state index contributed by atoms with van der Waals surface area (Å²) < 4.78 is 61.3. The van der Waals surface area contributed by atoms with Gasteiger partial charge in [0.05, 0.1) is 5.92 Å². The fraction of sp³-hybridized carbons (Fsp3) is 0.500. The molecule has 4 rings (SSSR count). The minimum absolute atomic E-state index is 0.00968. The summed E-state index contributed by atoms with van der Waals surface area (Å²) >= 11 is 0. The van der Waals surface area contributed by atoms with E-state index in [4.69, 9.17) is 4.74 Å². The van der Waals surface area contributed by atoms with Crippen molar-refractivity contribution in [2.75, 3.05) is 0 Å². The molecule has 2 saturated carbocycles. The molecule has 2 fully saturated rings. The summed E-state index contributed by atoms with van der Waals surface area (Å²) in [5, 5.41) is 0. The predicted octanol–water partition coefficient (Wildman–Crippen LogP) is 8.58. The number of hydrogen-bond donors (Lipinski definition) is 0. The van der Waals surface area contributed by atoms with Crippen LogP contribution in [0.3, 0.4) is 0 Å². The van der Waals surface area contributed by atoms with E-state index in [-0.39, 0.29) is 17.5 Å². The van der Waals surface area contributed by atoms with Gasteiger partial charge >= 0.3 is 6.11 Å². The fourth-order valence-corrected chi connectivity index (χ4v) is 5.29. The predicted molar refractivity (Wildman–Crippen MR) is 122 cm³/mol. The van der Waals surface area contributed by atoms with Crippen LogP contribution in [0.15, 0.2) is 54.6 Å². The molecule has 178 valence electrons. The summed E-state index contributed by atoms with van der Waals surface area (Å²) in [6.07, 6.45) is 7.50. The zero-order valence-electron chi connectivity index (χ0n) is 19.1. The Hall–Kier alpha value is -2.30. The Morgan fingerprint density at radius 3 is 1.94 bits per heavy atom. The third-order valence-corrected chi connectivity index (χ3v) is 7.34. The monoisotopic (exact) mass is 460 g/mol. The molecular weight excluding hydrogens is 428 g/mol. The molecule has 2 aromatic carbocycles. The standard InChI is InChI=1S/C28H32F4O/c1-19-2-17-26(27(30)18-19)22-9-5-20(6-10-22)3-4-21-7-11-23(12-8-21)28(31,32)33-25-15-13-24(29)14-16-25/h2-4,13-18,20-23H,5-12H2,1H3/b4-3+. The maximum absolute atomic E-state index is 14.6. The van der Waals surface area contributed by atoms with Crippen molar-refractivity contribution in [1.82, 2.24) is 0 Å². The van der Waals surface area contributed by atoms with E-state index in [0.29, 0.717) is 37.5 Å². The van der Waals surface area contributed by atoms with Gasteiger partial charge in [0.2, 0.25) is 0 Å². The van der Waals surface area contributed by atoms with Crippen molar-refractivity contribution >= 4 is 0 Å². The molecule has 0 saturated heterocycles. The molecule has 0 aliphatic heterocycles. The first kappa shape index (κ1) is 23.8. The summed E-state index contributed by atoms with van der Waals surface area (Å²) in [7, 11) is 0. The number of rotatable bonds is 6. The zero-order valence-corrected chi connectivity index (χ0v) is 19.1. The number of ether oxygens (including phenoxy) is 1. The van der Waals surface area contributed by atoms with Gasteiger partial charge in [0.1, 0.15) is 17.4 Å². The van der Waals surface area contributed by atoms with Crippen LogP contribution >= 0.6 is 0 Å². The number of benzene rings is 2. The van der Waals surface area contributed by atoms with E-state index in [1.807, 2.05) is 19.1 Å². The van der Waals surface area contributed by atoms with Crippen LogP contribution in [-0.2, 0) is 0 Å². The molecule has 1 nitrogen and oxygen atoms in total. The summed E-state index contributed by atoms with van der Waals surface area (Å²) in [6.45, 7) is 1.90. The molecule has 0 N–H and O–H groups in total. The largest absolute Gasteiger partial charge is 0.432 e. The van der Waals surface area contributed by atoms with E-state index in [0.717, 1.165) is 48.9 Å². The molecule has 0 radical (unpaired) electrons. The quantitative estimate of drug-likeness (QED) is 0.310. The molecule has 0 spiro atoms. The van der Waals surface area contributed by atoms with E-state index < -0.39 is 17.8 Å². The molecule has 0 atom stereocenters. The number of allylic oxidation sites excluding steroid dienone is 2. The second kappa shape index (κ2) is 10.3. The second-order valence-corrected chi connectivity index (χ2v) is 9.75. The second-order valence-electron chi connectivity index (χ2n) is 9.75. The van der Waals surface area contributed by atoms with Crippen LogP contribution in [-0.4, -0.2) is 6.11 Å². The lowest BCUT2D eigenvalue weighted by molar-refractivity contribution is -0.223. The molecule has 2 aromatic rings. The first-order valence-corrected chi connectivity index (χ1v) is 12.1. The van der Waals surface area contributed by atoms with E-state index >= 15 is 0 Å². The highest BCUT2D eigenvalue weighted by atomic mass is 19.3. The van der Waals surface area contributed by atoms with E-state index in [1.54, 1.807) is 6.07 Å². The van der Waals surface area contributed by atoms with E-state index in [9.17, 15) is 17.6 Å². The highest BCUT2D eigenvalue weighted by molar-refractivity contribution is 5.27. The first-order chi connectivity index (χ1) is 15.8. The Morgan fingerprint density at radius 1 is 0.788 bits per heavy atom. The van der Waals surface area contributed by atoms with Gasteiger partial charge in [-0.25, -0.2) is 8.78 Å². The maximum Gasteiger partial charge on any atom is 0.400 e. The third kappa shape index (κ3) is 6.18. The van der Waals surface area contributed by atoms with Crippen LogP contribution in [0.1, 0.15) is 68.4 Å². The van der Waals surface area contributed by atoms with Crippen molar-refractivity contribution in [1.29, 1.82) is 0 Å². The van der Waals surface area contributed by atoms with Gasteiger partial charge < -0.3 is 4.74 Å². The molecule has 0 aromatic heterocycles. The Kier molecular flexibility index (Phi) is 7.45. The third-order valence-electron chi connectivity index (χ3n) is 7.34. The number of alkyl halides is 2. The minimum atomic E-state index is -3.25. The Morgan fingerprint density at radius 2 is 1.36 bits per heavy atom. The van der Waals surface area contributed by atoms with Gasteiger partial charge in [-0.05, 0) is 118 Å². The number of halogens is 4. The molecule has 33 heavy (non-hydrogen) atoms. The molecule has 0 amide bonds. The lowest BCUT2D eigenvalue weighted by atomic mass is 9.77. The van der Waals surface area contributed by atoms with Gasteiger partial charge in [-0.15, -0.1) is 0 Å². The Bertz CT molecular complexity index is 937. The topological polar surface area (TPSA) is 9.23 Å². The fourth-order valence-electron chi connectivity index (χ4n) is 5.29. The summed E-state index contributed by atoms with van der Waals surface area (Å²) in [4.78, 5) is 0. The summed E-state index contributed by atoms with van der Waals surface area (Å²) in [5.41, 5.74) is 1.78. The summed E-state index contributed by atoms with van der Waals surface area (Å²) in [5.74, 6) is -0.323. The van der Waals surface area contributed by atoms with Crippen LogP contribution in [0.5, 0.6) is 5.75 Å².